The molecule has 0 aliphatic carbocycles. The van der Waals surface area contributed by atoms with E-state index in [1.54, 1.807) is 0 Å². The fourth-order valence-corrected chi connectivity index (χ4v) is 1.82. The van der Waals surface area contributed by atoms with Gasteiger partial charge in [-0.2, -0.15) is 8.42 Å². The highest BCUT2D eigenvalue weighted by molar-refractivity contribution is 7.85. The molecule has 0 spiro atoms. The highest BCUT2D eigenvalue weighted by atomic mass is 32.2. The zero-order chi connectivity index (χ0) is 11.2. The van der Waals surface area contributed by atoms with Gasteiger partial charge in [0.1, 0.15) is 5.75 Å². The lowest BCUT2D eigenvalue weighted by Gasteiger charge is -2.00. The Morgan fingerprint density at radius 2 is 2.07 bits per heavy atom. The van der Waals surface area contributed by atoms with Crippen molar-refractivity contribution in [1.82, 2.24) is 0 Å². The van der Waals surface area contributed by atoms with E-state index in [1.807, 2.05) is 0 Å². The van der Waals surface area contributed by atoms with Crippen LogP contribution in [-0.4, -0.2) is 24.9 Å². The van der Waals surface area contributed by atoms with E-state index in [1.165, 1.54) is 6.07 Å². The third-order valence-electron chi connectivity index (χ3n) is 2.03. The minimum Gasteiger partial charge on any atom is -0.481 e. The Bertz CT molecular complexity index is 531. The highest BCUT2D eigenvalue weighted by Gasteiger charge is 2.30. The fourth-order valence-electron chi connectivity index (χ4n) is 1.31. The van der Waals surface area contributed by atoms with E-state index in [0.29, 0.717) is 0 Å². The van der Waals surface area contributed by atoms with Crippen LogP contribution < -0.4 is 4.74 Å². The first-order valence-corrected chi connectivity index (χ1v) is 5.41. The molecular weight excluding hydrogens is 220 g/mol. The average molecular weight is 226 g/mol. The maximum Gasteiger partial charge on any atom is 0.294 e. The van der Waals surface area contributed by atoms with Gasteiger partial charge in [0.2, 0.25) is 5.78 Å². The van der Waals surface area contributed by atoms with Gasteiger partial charge in [0, 0.05) is 6.92 Å². The lowest BCUT2D eigenvalue weighted by atomic mass is 10.1. The number of rotatable bonds is 1. The third-order valence-corrected chi connectivity index (χ3v) is 2.88. The van der Waals surface area contributed by atoms with Gasteiger partial charge in [-0.15, -0.1) is 0 Å². The molecule has 2 radical (unpaired) electrons. The van der Waals surface area contributed by atoms with Crippen molar-refractivity contribution in [2.45, 2.75) is 11.0 Å². The predicted octanol–water partition coefficient (Wildman–Crippen LogP) is 0.588. The molecule has 0 aromatic heterocycles. The first-order chi connectivity index (χ1) is 6.89. The second kappa shape index (κ2) is 3.04. The number of hydrogen-bond acceptors (Lipinski definition) is 4. The fraction of sp³-hybridized carbons (Fsp3) is 0.111. The van der Waals surface area contributed by atoms with Crippen LogP contribution in [0.4, 0.5) is 0 Å². The molecule has 78 valence electrons. The van der Waals surface area contributed by atoms with E-state index < -0.39 is 22.0 Å². The molecule has 5 nitrogen and oxygen atoms in total. The SMILES string of the molecule is [CH]C1Oc2ccc(S(=O)(=O)O)cc2C1=O. The monoisotopic (exact) mass is 226 g/mol. The average Bonchev–Trinajstić information content (AvgIpc) is 2.41. The largest absolute Gasteiger partial charge is 0.481 e. The smallest absolute Gasteiger partial charge is 0.294 e. The van der Waals surface area contributed by atoms with Crippen LogP contribution in [0.2, 0.25) is 0 Å². The molecule has 1 aromatic rings. The second-order valence-electron chi connectivity index (χ2n) is 3.04. The molecule has 6 heteroatoms. The zero-order valence-electron chi connectivity index (χ0n) is 7.38. The summed E-state index contributed by atoms with van der Waals surface area (Å²) in [5, 5.41) is 0. The van der Waals surface area contributed by atoms with Gasteiger partial charge in [0.05, 0.1) is 10.5 Å². The number of hydrogen-bond donors (Lipinski definition) is 1. The van der Waals surface area contributed by atoms with Crippen molar-refractivity contribution in [1.29, 1.82) is 0 Å². The Morgan fingerprint density at radius 1 is 1.40 bits per heavy atom. The molecule has 1 N–H and O–H groups in total. The lowest BCUT2D eigenvalue weighted by Crippen LogP contribution is -2.15. The van der Waals surface area contributed by atoms with E-state index in [-0.39, 0.29) is 16.2 Å². The lowest BCUT2D eigenvalue weighted by molar-refractivity contribution is 0.0903. The van der Waals surface area contributed by atoms with Crippen molar-refractivity contribution in [3.05, 3.63) is 30.7 Å². The Balaban J connectivity index is 2.59. The molecule has 0 bridgehead atoms. The molecule has 1 aliphatic rings. The minimum absolute atomic E-state index is 0.0672. The maximum absolute atomic E-state index is 11.3. The Hall–Kier alpha value is -1.40. The summed E-state index contributed by atoms with van der Waals surface area (Å²) in [5.41, 5.74) is 0.0672. The van der Waals surface area contributed by atoms with Crippen LogP contribution in [0.25, 0.3) is 0 Å². The molecule has 1 unspecified atom stereocenters. The van der Waals surface area contributed by atoms with Crippen molar-refractivity contribution in [3.63, 3.8) is 0 Å². The number of ether oxygens (including phenoxy) is 1. The second-order valence-corrected chi connectivity index (χ2v) is 4.46. The topological polar surface area (TPSA) is 80.7 Å². The molecule has 0 amide bonds. The van der Waals surface area contributed by atoms with Gasteiger partial charge in [-0.05, 0) is 18.2 Å². The van der Waals surface area contributed by atoms with Crippen LogP contribution in [0, 0.1) is 6.92 Å². The molecular formula is C9H6O5S. The summed E-state index contributed by atoms with van der Waals surface area (Å²) in [6.45, 7) is 5.30. The van der Waals surface area contributed by atoms with E-state index in [0.717, 1.165) is 12.1 Å². The van der Waals surface area contributed by atoms with Gasteiger partial charge in [0.25, 0.3) is 10.1 Å². The van der Waals surface area contributed by atoms with Crippen LogP contribution in [0.1, 0.15) is 10.4 Å². The summed E-state index contributed by atoms with van der Waals surface area (Å²) in [6.07, 6.45) is -1.10. The summed E-state index contributed by atoms with van der Waals surface area (Å²) in [7, 11) is -4.31. The van der Waals surface area contributed by atoms with Gasteiger partial charge in [-0.25, -0.2) is 0 Å². The third kappa shape index (κ3) is 1.62. The van der Waals surface area contributed by atoms with Gasteiger partial charge >= 0.3 is 0 Å². The van der Waals surface area contributed by atoms with Crippen molar-refractivity contribution in [2.75, 3.05) is 0 Å². The number of Topliss-reactive ketones (excluding diaryl/α,β-unsaturated/α-hetero) is 1. The molecule has 0 saturated carbocycles. The van der Waals surface area contributed by atoms with Crippen molar-refractivity contribution < 1.29 is 22.5 Å². The minimum atomic E-state index is -4.31. The first kappa shape index (κ1) is 10.1. The Kier molecular flexibility index (Phi) is 2.06. The summed E-state index contributed by atoms with van der Waals surface area (Å²) in [4.78, 5) is 11.0. The quantitative estimate of drug-likeness (QED) is 0.709. The number of carbonyl (C=O) groups is 1. The van der Waals surface area contributed by atoms with E-state index in [2.05, 4.69) is 0 Å². The molecule has 15 heavy (non-hydrogen) atoms. The molecule has 1 heterocycles. The van der Waals surface area contributed by atoms with Gasteiger partial charge in [-0.3, -0.25) is 9.35 Å². The first-order valence-electron chi connectivity index (χ1n) is 3.97. The van der Waals surface area contributed by atoms with Crippen molar-refractivity contribution >= 4 is 15.9 Å². The normalized spacial score (nSPS) is 19.9. The van der Waals surface area contributed by atoms with Gasteiger partial charge in [0.15, 0.2) is 6.10 Å². The van der Waals surface area contributed by atoms with E-state index in [4.69, 9.17) is 16.2 Å². The zero-order valence-corrected chi connectivity index (χ0v) is 8.19. The predicted molar refractivity (Wildman–Crippen MR) is 49.3 cm³/mol. The highest BCUT2D eigenvalue weighted by Crippen LogP contribution is 2.30. The van der Waals surface area contributed by atoms with Crippen LogP contribution >= 0.6 is 0 Å². The summed E-state index contributed by atoms with van der Waals surface area (Å²) < 4.78 is 35.3. The summed E-state index contributed by atoms with van der Waals surface area (Å²) in [6, 6.07) is 3.46. The number of benzene rings is 1. The Morgan fingerprint density at radius 3 is 2.67 bits per heavy atom. The molecule has 1 atom stereocenters. The molecule has 0 saturated heterocycles. The molecule has 2 rings (SSSR count). The molecule has 1 aromatic carbocycles. The summed E-state index contributed by atoms with van der Waals surface area (Å²) >= 11 is 0. The number of fused-ring (bicyclic) bond motifs is 1. The number of carbonyl (C=O) groups excluding carboxylic acids is 1. The van der Waals surface area contributed by atoms with Crippen LogP contribution in [0.3, 0.4) is 0 Å². The standard InChI is InChI=1S/C9H6O5S/c1-5-9(10)7-4-6(15(11,12)13)2-3-8(7)14-5/h1-5H,(H,11,12,13). The van der Waals surface area contributed by atoms with Crippen LogP contribution in [0.5, 0.6) is 5.75 Å². The molecule has 1 aliphatic heterocycles. The van der Waals surface area contributed by atoms with Gasteiger partial charge in [-0.1, -0.05) is 0 Å². The summed E-state index contributed by atoms with van der Waals surface area (Å²) in [5.74, 6) is -0.282. The van der Waals surface area contributed by atoms with Gasteiger partial charge < -0.3 is 4.74 Å². The van der Waals surface area contributed by atoms with Crippen LogP contribution in [-0.2, 0) is 10.1 Å². The molecule has 0 fully saturated rings. The van der Waals surface area contributed by atoms with E-state index in [9.17, 15) is 13.2 Å². The Labute approximate surface area is 86.4 Å². The van der Waals surface area contributed by atoms with Crippen molar-refractivity contribution in [3.8, 4) is 5.75 Å². The van der Waals surface area contributed by atoms with Crippen LogP contribution in [0.15, 0.2) is 23.1 Å². The number of ketones is 1. The van der Waals surface area contributed by atoms with Crippen molar-refractivity contribution in [2.24, 2.45) is 0 Å². The van der Waals surface area contributed by atoms with E-state index >= 15 is 0 Å². The maximum atomic E-state index is 11.3.